The molecule has 30 heavy (non-hydrogen) atoms. The van der Waals surface area contributed by atoms with Crippen LogP contribution in [0, 0.1) is 5.92 Å². The highest BCUT2D eigenvalue weighted by Gasteiger charge is 2.74. The number of likely N-dealkylation sites (tertiary alicyclic amines) is 1. The highest BCUT2D eigenvalue weighted by molar-refractivity contribution is 6.08. The summed E-state index contributed by atoms with van der Waals surface area (Å²) in [6.07, 6.45) is 1.49. The number of aliphatic hydroxyl groups is 1. The van der Waals surface area contributed by atoms with Crippen LogP contribution in [-0.2, 0) is 10.2 Å². The van der Waals surface area contributed by atoms with Gasteiger partial charge in [-0.25, -0.2) is 4.79 Å². The summed E-state index contributed by atoms with van der Waals surface area (Å²) in [6, 6.07) is 1.46. The van der Waals surface area contributed by atoms with Crippen LogP contribution in [0.1, 0.15) is 41.6 Å². The summed E-state index contributed by atoms with van der Waals surface area (Å²) in [5, 5.41) is 27.6. The van der Waals surface area contributed by atoms with Crippen molar-refractivity contribution >= 4 is 17.7 Å². The van der Waals surface area contributed by atoms with Gasteiger partial charge in [0.1, 0.15) is 11.6 Å². The van der Waals surface area contributed by atoms with E-state index in [0.717, 1.165) is 19.4 Å². The van der Waals surface area contributed by atoms with Crippen molar-refractivity contribution in [3.8, 4) is 11.5 Å². The van der Waals surface area contributed by atoms with E-state index < -0.39 is 35.1 Å². The topological polar surface area (TPSA) is 128 Å². The number of carbonyl (C=O) groups excluding carboxylic acids is 3. The van der Waals surface area contributed by atoms with Crippen molar-refractivity contribution in [1.82, 2.24) is 15.5 Å². The molecule has 2 bridgehead atoms. The molecular formula is C21H23N3O6. The fraction of sp³-hybridized carbons (Fsp3) is 0.571. The van der Waals surface area contributed by atoms with Crippen LogP contribution >= 0.6 is 0 Å². The van der Waals surface area contributed by atoms with Gasteiger partial charge < -0.3 is 20.3 Å². The van der Waals surface area contributed by atoms with E-state index in [1.165, 1.54) is 6.07 Å². The average Bonchev–Trinajstić information content (AvgIpc) is 3.42. The quantitative estimate of drug-likeness (QED) is 0.539. The van der Waals surface area contributed by atoms with E-state index in [4.69, 9.17) is 4.74 Å². The fourth-order valence-electron chi connectivity index (χ4n) is 6.18. The molecule has 1 spiro atoms. The molecular weight excluding hydrogens is 390 g/mol. The Morgan fingerprint density at radius 3 is 2.77 bits per heavy atom. The van der Waals surface area contributed by atoms with Crippen LogP contribution in [0.4, 0.5) is 4.79 Å². The fourth-order valence-corrected chi connectivity index (χ4v) is 6.18. The van der Waals surface area contributed by atoms with Crippen molar-refractivity contribution in [3.63, 3.8) is 0 Å². The Hall–Kier alpha value is -2.65. The average molecular weight is 413 g/mol. The lowest BCUT2D eigenvalue weighted by Crippen LogP contribution is -2.77. The number of amides is 3. The first kappa shape index (κ1) is 18.1. The van der Waals surface area contributed by atoms with Crippen LogP contribution in [0.2, 0.25) is 0 Å². The van der Waals surface area contributed by atoms with Crippen LogP contribution < -0.4 is 15.4 Å². The number of aromatic hydroxyl groups is 1. The third-order valence-corrected chi connectivity index (χ3v) is 7.62. The lowest BCUT2D eigenvalue weighted by atomic mass is 9.51. The van der Waals surface area contributed by atoms with Gasteiger partial charge in [-0.3, -0.25) is 19.8 Å². The van der Waals surface area contributed by atoms with Crippen molar-refractivity contribution in [1.29, 1.82) is 0 Å². The first-order valence-corrected chi connectivity index (χ1v) is 10.5. The van der Waals surface area contributed by atoms with Crippen LogP contribution in [0.15, 0.2) is 12.1 Å². The number of ketones is 1. The van der Waals surface area contributed by atoms with Gasteiger partial charge >= 0.3 is 6.03 Å². The first-order valence-electron chi connectivity index (χ1n) is 10.5. The Kier molecular flexibility index (Phi) is 3.47. The van der Waals surface area contributed by atoms with E-state index in [9.17, 15) is 24.6 Å². The van der Waals surface area contributed by atoms with E-state index >= 15 is 0 Å². The van der Waals surface area contributed by atoms with Gasteiger partial charge in [0.25, 0.3) is 5.91 Å². The van der Waals surface area contributed by atoms with Crippen molar-refractivity contribution in [2.75, 3.05) is 19.6 Å². The standard InChI is InChI=1S/C21H23N3O6/c25-12-4-3-11-13-15(12)30-17-18(27)23-19(28)22-7-5-21(29)16(14(11)26)24(9-10-1-2-10)8-6-20(13,17)21/h3-4,10,16-17,25,29H,1-2,5-9H2,(H2,22,23,27,28)/t16-,17?,20+,21-/m1/s1. The Labute approximate surface area is 172 Å². The Morgan fingerprint density at radius 2 is 2.00 bits per heavy atom. The van der Waals surface area contributed by atoms with Gasteiger partial charge in [-0.1, -0.05) is 0 Å². The molecule has 9 heteroatoms. The summed E-state index contributed by atoms with van der Waals surface area (Å²) in [4.78, 5) is 40.9. The number of hydrogen-bond donors (Lipinski definition) is 4. The summed E-state index contributed by atoms with van der Waals surface area (Å²) < 4.78 is 5.93. The van der Waals surface area contributed by atoms with E-state index in [0.29, 0.717) is 30.0 Å². The molecule has 1 aromatic carbocycles. The molecule has 1 unspecified atom stereocenters. The molecule has 9 nitrogen and oxygen atoms in total. The van der Waals surface area contributed by atoms with Gasteiger partial charge in [-0.2, -0.15) is 0 Å². The molecule has 3 aliphatic heterocycles. The molecule has 5 aliphatic rings. The number of ether oxygens (including phenoxy) is 1. The third kappa shape index (κ3) is 2.06. The van der Waals surface area contributed by atoms with Crippen molar-refractivity contribution in [3.05, 3.63) is 23.3 Å². The van der Waals surface area contributed by atoms with Crippen LogP contribution in [0.3, 0.4) is 0 Å². The van der Waals surface area contributed by atoms with Gasteiger partial charge in [0.05, 0.1) is 5.41 Å². The Bertz CT molecular complexity index is 1010. The molecule has 1 saturated carbocycles. The molecule has 2 saturated heterocycles. The zero-order valence-corrected chi connectivity index (χ0v) is 16.3. The molecule has 6 rings (SSSR count). The van der Waals surface area contributed by atoms with Gasteiger partial charge in [0.15, 0.2) is 23.4 Å². The summed E-state index contributed by atoms with van der Waals surface area (Å²) >= 11 is 0. The van der Waals surface area contributed by atoms with E-state index in [1.807, 2.05) is 4.90 Å². The Morgan fingerprint density at radius 1 is 1.20 bits per heavy atom. The number of benzene rings is 1. The monoisotopic (exact) mass is 413 g/mol. The maximum Gasteiger partial charge on any atom is 0.321 e. The van der Waals surface area contributed by atoms with E-state index in [1.54, 1.807) is 6.07 Å². The van der Waals surface area contributed by atoms with Gasteiger partial charge in [-0.05, 0) is 43.7 Å². The second kappa shape index (κ2) is 5.73. The molecule has 4 N–H and O–H groups in total. The number of urea groups is 1. The number of hydrogen-bond acceptors (Lipinski definition) is 7. The summed E-state index contributed by atoms with van der Waals surface area (Å²) in [5.74, 6) is -0.506. The number of rotatable bonds is 2. The lowest BCUT2D eigenvalue weighted by Gasteiger charge is -2.59. The first-order chi connectivity index (χ1) is 14.4. The maximum atomic E-state index is 13.7. The molecule has 2 aliphatic carbocycles. The van der Waals surface area contributed by atoms with Gasteiger partial charge in [0.2, 0.25) is 0 Å². The highest BCUT2D eigenvalue weighted by atomic mass is 16.5. The minimum Gasteiger partial charge on any atom is -0.504 e. The summed E-state index contributed by atoms with van der Waals surface area (Å²) in [7, 11) is 0. The number of Topliss-reactive ketones (excluding diaryl/α,β-unsaturated/α-hetero) is 1. The smallest absolute Gasteiger partial charge is 0.321 e. The molecule has 1 aromatic rings. The molecule has 0 aromatic heterocycles. The van der Waals surface area contributed by atoms with Gasteiger partial charge in [0, 0.05) is 30.8 Å². The molecule has 3 fully saturated rings. The number of nitrogens with zero attached hydrogens (tertiary/aromatic N) is 1. The minimum atomic E-state index is -1.62. The number of carbonyl (C=O) groups is 3. The maximum absolute atomic E-state index is 13.7. The molecule has 3 amide bonds. The lowest BCUT2D eigenvalue weighted by molar-refractivity contribution is -0.163. The normalized spacial score (nSPS) is 37.3. The number of nitrogens with one attached hydrogen (secondary N) is 2. The predicted molar refractivity (Wildman–Crippen MR) is 102 cm³/mol. The van der Waals surface area contributed by atoms with Gasteiger partial charge in [-0.15, -0.1) is 0 Å². The van der Waals surface area contributed by atoms with Crippen molar-refractivity contribution in [2.45, 2.75) is 48.8 Å². The molecule has 0 radical (unpaired) electrons. The largest absolute Gasteiger partial charge is 0.504 e. The SMILES string of the molecule is O=C1NCC[C@@]2(O)[C@H]3C(=O)c4ccc(O)c5c4[C@@]2(CCN3CC2CC2)C(O5)C(=O)N1. The third-order valence-electron chi connectivity index (χ3n) is 7.62. The van der Waals surface area contributed by atoms with Crippen LogP contribution in [-0.4, -0.2) is 70.2 Å². The second-order valence-corrected chi connectivity index (χ2v) is 9.18. The van der Waals surface area contributed by atoms with Crippen molar-refractivity contribution < 1.29 is 29.3 Å². The molecule has 158 valence electrons. The zero-order valence-electron chi connectivity index (χ0n) is 16.3. The van der Waals surface area contributed by atoms with E-state index in [2.05, 4.69) is 10.6 Å². The van der Waals surface area contributed by atoms with Crippen molar-refractivity contribution in [2.24, 2.45) is 5.92 Å². The van der Waals surface area contributed by atoms with Crippen LogP contribution in [0.5, 0.6) is 11.5 Å². The number of phenols is 1. The Balaban J connectivity index is 1.62. The number of imide groups is 1. The van der Waals surface area contributed by atoms with E-state index in [-0.39, 0.29) is 30.2 Å². The highest BCUT2D eigenvalue weighted by Crippen LogP contribution is 2.62. The minimum absolute atomic E-state index is 0.0644. The second-order valence-electron chi connectivity index (χ2n) is 9.18. The summed E-state index contributed by atoms with van der Waals surface area (Å²) in [5.41, 5.74) is -2.05. The zero-order chi connectivity index (χ0) is 20.8. The van der Waals surface area contributed by atoms with Crippen LogP contribution in [0.25, 0.3) is 0 Å². The number of piperidine rings is 1. The molecule has 3 heterocycles. The predicted octanol–water partition coefficient (Wildman–Crippen LogP) is 0.0322. The molecule has 4 atom stereocenters. The summed E-state index contributed by atoms with van der Waals surface area (Å²) in [6.45, 7) is 1.35. The number of phenolic OH excluding ortho intramolecular Hbond substituents is 1.